The van der Waals surface area contributed by atoms with E-state index in [1.165, 1.54) is 41.2 Å². The highest BCUT2D eigenvalue weighted by atomic mass is 35.5. The molecule has 1 aromatic heterocycles. The molecule has 3 aromatic rings. The summed E-state index contributed by atoms with van der Waals surface area (Å²) in [5, 5.41) is 5.69. The van der Waals surface area contributed by atoms with Crippen LogP contribution in [0.5, 0.6) is 0 Å². The van der Waals surface area contributed by atoms with Gasteiger partial charge in [-0.25, -0.2) is 14.8 Å². The molecular weight excluding hydrogens is 443 g/mol. The number of aromatic nitrogens is 2. The molecule has 9 heteroatoms. The molecular formula is C21H18Cl2N4O2S. The van der Waals surface area contributed by atoms with Gasteiger partial charge in [0, 0.05) is 4.90 Å². The van der Waals surface area contributed by atoms with Crippen LogP contribution >= 0.6 is 35.0 Å². The standard InChI is InChI=1S/C21H18Cl2N4O2S/c1-11-7-8-14(9-12(11)2)30-20-13(3)25-17(10-24-20)26-21(29)27-19(28)18-15(22)5-4-6-16(18)23/h4-10H,1-3H3,(H2,25,26,27,28,29). The normalized spacial score (nSPS) is 10.6. The first-order valence-corrected chi connectivity index (χ1v) is 10.5. The monoisotopic (exact) mass is 460 g/mol. The van der Waals surface area contributed by atoms with Crippen LogP contribution in [0, 0.1) is 20.8 Å². The number of aryl methyl sites for hydroxylation is 3. The van der Waals surface area contributed by atoms with Crippen LogP contribution in [0.2, 0.25) is 10.0 Å². The summed E-state index contributed by atoms with van der Waals surface area (Å²) in [6.07, 6.45) is 1.43. The third kappa shape index (κ3) is 5.30. The molecule has 0 aliphatic rings. The minimum absolute atomic E-state index is 0.0263. The largest absolute Gasteiger partial charge is 0.327 e. The SMILES string of the molecule is Cc1ccc(Sc2ncc(NC(=O)NC(=O)c3c(Cl)cccc3Cl)nc2C)cc1C. The van der Waals surface area contributed by atoms with Crippen molar-refractivity contribution in [3.8, 4) is 0 Å². The summed E-state index contributed by atoms with van der Waals surface area (Å²) in [5.74, 6) is -0.498. The molecule has 0 atom stereocenters. The van der Waals surface area contributed by atoms with Crippen molar-refractivity contribution in [2.45, 2.75) is 30.7 Å². The molecule has 3 rings (SSSR count). The molecule has 0 aliphatic carbocycles. The summed E-state index contributed by atoms with van der Waals surface area (Å²) >= 11 is 13.5. The molecule has 0 aliphatic heterocycles. The molecule has 0 radical (unpaired) electrons. The lowest BCUT2D eigenvalue weighted by molar-refractivity contribution is 0.0967. The number of nitrogens with one attached hydrogen (secondary N) is 2. The number of anilines is 1. The number of carbonyl (C=O) groups is 2. The lowest BCUT2D eigenvalue weighted by Crippen LogP contribution is -2.35. The van der Waals surface area contributed by atoms with Crippen molar-refractivity contribution in [1.82, 2.24) is 15.3 Å². The summed E-state index contributed by atoms with van der Waals surface area (Å²) in [5.41, 5.74) is 3.10. The maximum absolute atomic E-state index is 12.3. The second-order valence-corrected chi connectivity index (χ2v) is 8.38. The van der Waals surface area contributed by atoms with E-state index in [1.807, 2.05) is 6.07 Å². The highest BCUT2D eigenvalue weighted by Gasteiger charge is 2.17. The average Bonchev–Trinajstić information content (AvgIpc) is 2.66. The molecule has 2 aromatic carbocycles. The Morgan fingerprint density at radius 1 is 1.00 bits per heavy atom. The number of benzene rings is 2. The van der Waals surface area contributed by atoms with E-state index in [-0.39, 0.29) is 21.4 Å². The van der Waals surface area contributed by atoms with E-state index in [2.05, 4.69) is 46.6 Å². The second-order valence-electron chi connectivity index (χ2n) is 6.50. The molecule has 0 unspecified atom stereocenters. The molecule has 2 N–H and O–H groups in total. The Morgan fingerprint density at radius 2 is 1.70 bits per heavy atom. The molecule has 154 valence electrons. The molecule has 0 spiro atoms. The van der Waals surface area contributed by atoms with E-state index in [0.717, 1.165) is 9.92 Å². The summed E-state index contributed by atoms with van der Waals surface area (Å²) < 4.78 is 0. The summed E-state index contributed by atoms with van der Waals surface area (Å²) in [4.78, 5) is 34.2. The molecule has 3 amide bonds. The van der Waals surface area contributed by atoms with Crippen molar-refractivity contribution in [3.63, 3.8) is 0 Å². The van der Waals surface area contributed by atoms with Crippen molar-refractivity contribution in [2.75, 3.05) is 5.32 Å². The number of halogens is 2. The van der Waals surface area contributed by atoms with Crippen LogP contribution in [0.15, 0.2) is 52.5 Å². The van der Waals surface area contributed by atoms with Gasteiger partial charge in [-0.15, -0.1) is 0 Å². The average molecular weight is 461 g/mol. The Labute approximate surface area is 188 Å². The third-order valence-electron chi connectivity index (χ3n) is 4.25. The van der Waals surface area contributed by atoms with E-state index in [1.54, 1.807) is 13.0 Å². The van der Waals surface area contributed by atoms with Gasteiger partial charge in [-0.2, -0.15) is 0 Å². The van der Waals surface area contributed by atoms with Crippen molar-refractivity contribution < 1.29 is 9.59 Å². The van der Waals surface area contributed by atoms with Gasteiger partial charge in [0.1, 0.15) is 5.03 Å². The van der Waals surface area contributed by atoms with Gasteiger partial charge in [0.05, 0.1) is 27.5 Å². The smallest absolute Gasteiger partial charge is 0.291 e. The van der Waals surface area contributed by atoms with Crippen LogP contribution in [0.1, 0.15) is 27.2 Å². The van der Waals surface area contributed by atoms with Gasteiger partial charge in [0.15, 0.2) is 5.82 Å². The third-order valence-corrected chi connectivity index (χ3v) is 5.97. The maximum Gasteiger partial charge on any atom is 0.327 e. The number of hydrogen-bond donors (Lipinski definition) is 2. The van der Waals surface area contributed by atoms with Gasteiger partial charge in [0.2, 0.25) is 0 Å². The van der Waals surface area contributed by atoms with Crippen molar-refractivity contribution in [1.29, 1.82) is 0 Å². The van der Waals surface area contributed by atoms with Crippen molar-refractivity contribution in [2.24, 2.45) is 0 Å². The lowest BCUT2D eigenvalue weighted by atomic mass is 10.1. The molecule has 6 nitrogen and oxygen atoms in total. The van der Waals surface area contributed by atoms with Crippen molar-refractivity contribution in [3.05, 3.63) is 75.0 Å². The van der Waals surface area contributed by atoms with Crippen LogP contribution in [-0.4, -0.2) is 21.9 Å². The molecule has 0 bridgehead atoms. The van der Waals surface area contributed by atoms with Gasteiger partial charge in [-0.1, -0.05) is 47.1 Å². The number of rotatable bonds is 4. The fourth-order valence-electron chi connectivity index (χ4n) is 2.55. The zero-order valence-electron chi connectivity index (χ0n) is 16.4. The predicted molar refractivity (Wildman–Crippen MR) is 120 cm³/mol. The first-order chi connectivity index (χ1) is 14.2. The van der Waals surface area contributed by atoms with Crippen LogP contribution in [0.3, 0.4) is 0 Å². The van der Waals surface area contributed by atoms with E-state index in [4.69, 9.17) is 23.2 Å². The zero-order valence-corrected chi connectivity index (χ0v) is 18.7. The van der Waals surface area contributed by atoms with Crippen LogP contribution in [0.25, 0.3) is 0 Å². The molecule has 0 saturated heterocycles. The van der Waals surface area contributed by atoms with Crippen LogP contribution in [0.4, 0.5) is 10.6 Å². The first kappa shape index (κ1) is 22.1. The van der Waals surface area contributed by atoms with Gasteiger partial charge in [-0.05, 0) is 56.2 Å². The minimum Gasteiger partial charge on any atom is -0.291 e. The fourth-order valence-corrected chi connectivity index (χ4v) is 4.01. The lowest BCUT2D eigenvalue weighted by Gasteiger charge is -2.10. The number of amides is 3. The second kappa shape index (κ2) is 9.47. The quantitative estimate of drug-likeness (QED) is 0.512. The Hall–Kier alpha value is -2.61. The highest BCUT2D eigenvalue weighted by Crippen LogP contribution is 2.29. The van der Waals surface area contributed by atoms with E-state index in [9.17, 15) is 9.59 Å². The van der Waals surface area contributed by atoms with Gasteiger partial charge >= 0.3 is 6.03 Å². The predicted octanol–water partition coefficient (Wildman–Crippen LogP) is 5.82. The van der Waals surface area contributed by atoms with E-state index >= 15 is 0 Å². The fraction of sp³-hybridized carbons (Fsp3) is 0.143. The Kier molecular flexibility index (Phi) is 6.97. The van der Waals surface area contributed by atoms with Gasteiger partial charge in [0.25, 0.3) is 5.91 Å². The molecule has 1 heterocycles. The number of carbonyl (C=O) groups excluding carboxylic acids is 2. The molecule has 0 fully saturated rings. The number of nitrogens with zero attached hydrogens (tertiary/aromatic N) is 2. The topological polar surface area (TPSA) is 84.0 Å². The zero-order chi connectivity index (χ0) is 21.8. The maximum atomic E-state index is 12.3. The van der Waals surface area contributed by atoms with Gasteiger partial charge in [-0.3, -0.25) is 15.4 Å². The van der Waals surface area contributed by atoms with E-state index < -0.39 is 11.9 Å². The van der Waals surface area contributed by atoms with Crippen LogP contribution in [-0.2, 0) is 0 Å². The minimum atomic E-state index is -0.765. The highest BCUT2D eigenvalue weighted by molar-refractivity contribution is 7.99. The van der Waals surface area contributed by atoms with Crippen LogP contribution < -0.4 is 10.6 Å². The molecule has 30 heavy (non-hydrogen) atoms. The summed E-state index contributed by atoms with van der Waals surface area (Å²) in [6.45, 7) is 5.92. The Morgan fingerprint density at radius 3 is 2.33 bits per heavy atom. The number of hydrogen-bond acceptors (Lipinski definition) is 5. The Bertz CT molecular complexity index is 1120. The first-order valence-electron chi connectivity index (χ1n) is 8.89. The molecule has 0 saturated carbocycles. The summed E-state index contributed by atoms with van der Waals surface area (Å²) in [6, 6.07) is 10.0. The number of urea groups is 1. The van der Waals surface area contributed by atoms with Gasteiger partial charge < -0.3 is 0 Å². The van der Waals surface area contributed by atoms with Crippen molar-refractivity contribution >= 4 is 52.7 Å². The van der Waals surface area contributed by atoms with E-state index in [0.29, 0.717) is 5.69 Å². The summed E-state index contributed by atoms with van der Waals surface area (Å²) in [7, 11) is 0. The Balaban J connectivity index is 1.67. The number of imide groups is 1.